The third kappa shape index (κ3) is 3.38. The molecule has 1 aliphatic heterocycles. The summed E-state index contributed by atoms with van der Waals surface area (Å²) in [4.78, 5) is 17.0. The molecule has 0 saturated heterocycles. The molecule has 2 aromatic carbocycles. The van der Waals surface area contributed by atoms with Crippen LogP contribution < -0.4 is 0 Å². The minimum Gasteiger partial charge on any atom is -0.393 e. The van der Waals surface area contributed by atoms with Gasteiger partial charge in [-0.3, -0.25) is 9.69 Å². The standard InChI is InChI=1S/C38H45NO3/c1-34-16-12-29(40)22-36(34)19-20-38(30(23-36)33(41)27-9-4-3-5-10-27)31(34)13-17-35(2)32(38)14-18-37(35,42)25-39-21-15-26-8-6-7-11-28(26)24-39/h3-11,19-20,23,29,31-32,40,42H,12-18,21-22,24-25H2,1-2H3/t29?,31-,32-,34-,35+,36+,37-,38-/m1/s1. The quantitative estimate of drug-likeness (QED) is 0.329. The molecule has 0 amide bonds. The van der Waals surface area contributed by atoms with Gasteiger partial charge in [-0.1, -0.05) is 86.7 Å². The van der Waals surface area contributed by atoms with Crippen LogP contribution in [0.25, 0.3) is 0 Å². The van der Waals surface area contributed by atoms with Crippen molar-refractivity contribution in [2.45, 2.75) is 83.5 Å². The summed E-state index contributed by atoms with van der Waals surface area (Å²) in [5, 5.41) is 23.6. The van der Waals surface area contributed by atoms with Gasteiger partial charge in [0.1, 0.15) is 0 Å². The molecule has 7 aliphatic rings. The topological polar surface area (TPSA) is 60.8 Å². The van der Waals surface area contributed by atoms with Gasteiger partial charge in [0.05, 0.1) is 11.7 Å². The molecule has 9 rings (SSSR count). The Kier molecular flexibility index (Phi) is 5.80. The summed E-state index contributed by atoms with van der Waals surface area (Å²) in [5.74, 6) is 0.666. The maximum Gasteiger partial charge on any atom is 0.189 e. The lowest BCUT2D eigenvalue weighted by Gasteiger charge is -2.71. The van der Waals surface area contributed by atoms with Crippen molar-refractivity contribution >= 4 is 5.78 Å². The van der Waals surface area contributed by atoms with E-state index in [2.05, 4.69) is 61.2 Å². The zero-order valence-corrected chi connectivity index (χ0v) is 25.2. The van der Waals surface area contributed by atoms with Crippen LogP contribution >= 0.6 is 0 Å². The van der Waals surface area contributed by atoms with Crippen molar-refractivity contribution in [3.63, 3.8) is 0 Å². The van der Waals surface area contributed by atoms with Gasteiger partial charge in [-0.2, -0.15) is 0 Å². The Balaban J connectivity index is 1.21. The Morgan fingerprint density at radius 3 is 2.38 bits per heavy atom. The highest BCUT2D eigenvalue weighted by Crippen LogP contribution is 2.78. The minimum atomic E-state index is -0.798. The third-order valence-corrected chi connectivity index (χ3v) is 13.7. The summed E-state index contributed by atoms with van der Waals surface area (Å²) in [6.07, 6.45) is 14.1. The highest BCUT2D eigenvalue weighted by molar-refractivity contribution is 6.10. The van der Waals surface area contributed by atoms with Crippen LogP contribution in [-0.2, 0) is 13.0 Å². The number of rotatable bonds is 4. The molecule has 2 aromatic rings. The van der Waals surface area contributed by atoms with Crippen molar-refractivity contribution in [2.75, 3.05) is 13.1 Å². The van der Waals surface area contributed by atoms with Gasteiger partial charge in [-0.15, -0.1) is 0 Å². The van der Waals surface area contributed by atoms with Crippen LogP contribution in [0.3, 0.4) is 0 Å². The molecule has 220 valence electrons. The second-order valence-electron chi connectivity index (χ2n) is 15.2. The summed E-state index contributed by atoms with van der Waals surface area (Å²) < 4.78 is 0. The number of ketones is 1. The maximum absolute atomic E-state index is 14.5. The number of benzene rings is 2. The van der Waals surface area contributed by atoms with Crippen LogP contribution in [0.4, 0.5) is 0 Å². The summed E-state index contributed by atoms with van der Waals surface area (Å²) >= 11 is 0. The van der Waals surface area contributed by atoms with Crippen molar-refractivity contribution in [1.82, 2.24) is 4.90 Å². The van der Waals surface area contributed by atoms with E-state index in [1.54, 1.807) is 0 Å². The number of nitrogens with zero attached hydrogens (tertiary/aromatic N) is 1. The number of β-amino-alcohol motifs (C(OH)–C–C–N with tert-alkyl or cyclic N) is 1. The highest BCUT2D eigenvalue weighted by atomic mass is 16.3. The number of carbonyl (C=O) groups is 1. The van der Waals surface area contributed by atoms with Gasteiger partial charge in [0.25, 0.3) is 0 Å². The average Bonchev–Trinajstić information content (AvgIpc) is 3.27. The predicted molar refractivity (Wildman–Crippen MR) is 165 cm³/mol. The lowest BCUT2D eigenvalue weighted by molar-refractivity contribution is -0.176. The third-order valence-electron chi connectivity index (χ3n) is 13.7. The SMILES string of the molecule is C[C@]12CC[C@H]3[C@]4(C=C[C@@]5(C=C4C(=O)c4ccccc4)CC(O)CC[C@]35C)[C@@H]1CC[C@@]2(O)CN1CCc2ccccc2C1. The lowest BCUT2D eigenvalue weighted by Crippen LogP contribution is -2.67. The second-order valence-corrected chi connectivity index (χ2v) is 15.2. The van der Waals surface area contributed by atoms with Gasteiger partial charge >= 0.3 is 0 Å². The van der Waals surface area contributed by atoms with E-state index in [4.69, 9.17) is 0 Å². The molecular weight excluding hydrogens is 518 g/mol. The van der Waals surface area contributed by atoms with Crippen LogP contribution in [0.5, 0.6) is 0 Å². The molecule has 2 spiro atoms. The summed E-state index contributed by atoms with van der Waals surface area (Å²) in [5.41, 5.74) is 2.75. The number of aliphatic hydroxyl groups is 2. The Morgan fingerprint density at radius 2 is 1.57 bits per heavy atom. The number of carbonyl (C=O) groups excluding carboxylic acids is 1. The number of hydrogen-bond acceptors (Lipinski definition) is 4. The molecule has 2 N–H and O–H groups in total. The van der Waals surface area contributed by atoms with Gasteiger partial charge < -0.3 is 10.2 Å². The molecule has 1 heterocycles. The van der Waals surface area contributed by atoms with E-state index in [1.165, 1.54) is 11.1 Å². The molecule has 4 nitrogen and oxygen atoms in total. The fourth-order valence-corrected chi connectivity index (χ4v) is 11.4. The van der Waals surface area contributed by atoms with Crippen LogP contribution in [0.15, 0.2) is 78.4 Å². The average molecular weight is 564 g/mol. The molecule has 2 bridgehead atoms. The molecule has 1 unspecified atom stereocenters. The molecule has 0 aromatic heterocycles. The van der Waals surface area contributed by atoms with E-state index < -0.39 is 11.0 Å². The van der Waals surface area contributed by atoms with Gasteiger partial charge in [0, 0.05) is 47.0 Å². The second kappa shape index (κ2) is 9.00. The summed E-state index contributed by atoms with van der Waals surface area (Å²) in [6, 6.07) is 18.5. The highest BCUT2D eigenvalue weighted by Gasteiger charge is 2.74. The monoisotopic (exact) mass is 563 g/mol. The number of aliphatic hydroxyl groups excluding tert-OH is 1. The first-order chi connectivity index (χ1) is 20.1. The first kappa shape index (κ1) is 27.0. The molecule has 0 radical (unpaired) electrons. The fourth-order valence-electron chi connectivity index (χ4n) is 11.4. The Morgan fingerprint density at radius 1 is 0.881 bits per heavy atom. The van der Waals surface area contributed by atoms with Crippen molar-refractivity contribution in [3.05, 3.63) is 95.1 Å². The van der Waals surface area contributed by atoms with E-state index in [-0.39, 0.29) is 34.1 Å². The van der Waals surface area contributed by atoms with Gasteiger partial charge in [-0.05, 0) is 79.7 Å². The Hall–Kier alpha value is -2.53. The number of allylic oxidation sites excluding steroid dienone is 4. The first-order valence-electron chi connectivity index (χ1n) is 16.4. The molecule has 6 aliphatic carbocycles. The number of fused-ring (bicyclic) bond motifs is 2. The minimum absolute atomic E-state index is 0.0000631. The lowest BCUT2D eigenvalue weighted by atomic mass is 9.32. The van der Waals surface area contributed by atoms with E-state index in [0.29, 0.717) is 18.9 Å². The van der Waals surface area contributed by atoms with Crippen LogP contribution in [0.1, 0.15) is 80.3 Å². The van der Waals surface area contributed by atoms with E-state index in [0.717, 1.165) is 69.2 Å². The van der Waals surface area contributed by atoms with Crippen LogP contribution in [0, 0.1) is 33.5 Å². The van der Waals surface area contributed by atoms with Gasteiger partial charge in [-0.25, -0.2) is 0 Å². The molecule has 3 fully saturated rings. The summed E-state index contributed by atoms with van der Waals surface area (Å²) in [6.45, 7) is 7.38. The van der Waals surface area contributed by atoms with Crippen molar-refractivity contribution in [1.29, 1.82) is 0 Å². The molecule has 42 heavy (non-hydrogen) atoms. The predicted octanol–water partition coefficient (Wildman–Crippen LogP) is 6.52. The Labute approximate surface area is 250 Å². The number of hydrogen-bond donors (Lipinski definition) is 2. The van der Waals surface area contributed by atoms with E-state index in [9.17, 15) is 15.0 Å². The zero-order chi connectivity index (χ0) is 29.0. The normalized spacial score (nSPS) is 43.6. The maximum atomic E-state index is 14.5. The van der Waals surface area contributed by atoms with Crippen LogP contribution in [-0.4, -0.2) is 45.7 Å². The van der Waals surface area contributed by atoms with Crippen LogP contribution in [0.2, 0.25) is 0 Å². The van der Waals surface area contributed by atoms with Gasteiger partial charge in [0.2, 0.25) is 0 Å². The smallest absolute Gasteiger partial charge is 0.189 e. The van der Waals surface area contributed by atoms with Crippen molar-refractivity contribution < 1.29 is 15.0 Å². The van der Waals surface area contributed by atoms with Crippen molar-refractivity contribution in [2.24, 2.45) is 33.5 Å². The van der Waals surface area contributed by atoms with Gasteiger partial charge in [0.15, 0.2) is 5.78 Å². The number of Topliss-reactive ketones (excluding diaryl/α,β-unsaturated/α-hetero) is 1. The summed E-state index contributed by atoms with van der Waals surface area (Å²) in [7, 11) is 0. The van der Waals surface area contributed by atoms with E-state index >= 15 is 0 Å². The Bertz CT molecular complexity index is 1500. The molecular formula is C38H45NO3. The van der Waals surface area contributed by atoms with Crippen molar-refractivity contribution in [3.8, 4) is 0 Å². The molecule has 3 saturated carbocycles. The first-order valence-corrected chi connectivity index (χ1v) is 16.4. The molecule has 4 heteroatoms. The molecule has 8 atom stereocenters. The van der Waals surface area contributed by atoms with E-state index in [1.807, 2.05) is 30.3 Å². The largest absolute Gasteiger partial charge is 0.393 e. The fraction of sp³-hybridized carbons (Fsp3) is 0.553. The zero-order valence-electron chi connectivity index (χ0n) is 25.2.